The van der Waals surface area contributed by atoms with E-state index in [9.17, 15) is 64.8 Å². The Kier molecular flexibility index (Phi) is 40.2. The van der Waals surface area contributed by atoms with Gasteiger partial charge in [0.25, 0.3) is 0 Å². The highest BCUT2D eigenvalue weighted by atomic mass is 16.6. The van der Waals surface area contributed by atoms with Crippen LogP contribution < -0.4 is 26.6 Å². The van der Waals surface area contributed by atoms with Gasteiger partial charge in [0.05, 0.1) is 12.6 Å². The number of ether oxygens (including phenoxy) is 2. The highest BCUT2D eigenvalue weighted by Crippen LogP contribution is 2.39. The van der Waals surface area contributed by atoms with E-state index < -0.39 is 78.4 Å². The molecule has 95 heavy (non-hydrogen) atoms. The quantitative estimate of drug-likeness (QED) is 0.0306. The number of esters is 2. The van der Waals surface area contributed by atoms with E-state index in [-0.39, 0.29) is 47.2 Å². The van der Waals surface area contributed by atoms with Crippen LogP contribution in [-0.2, 0) is 43.0 Å². The molecule has 0 saturated heterocycles. The number of nitrogens with zero attached hydrogens (tertiary/aromatic N) is 6. The molecule has 1 saturated carbocycles. The van der Waals surface area contributed by atoms with Gasteiger partial charge < -0.3 is 67.3 Å². The number of likely N-dealkylation sites (N-methyl/N-ethyl adjacent to an activating group) is 1. The van der Waals surface area contributed by atoms with E-state index >= 15 is 0 Å². The molecule has 1 rings (SSSR count). The molecule has 0 heterocycles. The molecule has 0 aromatic heterocycles. The number of unbranched alkanes of at least 4 members (excludes halogenated alkanes) is 1. The van der Waals surface area contributed by atoms with Gasteiger partial charge in [-0.1, -0.05) is 33.1 Å². The van der Waals surface area contributed by atoms with Gasteiger partial charge in [0, 0.05) is 65.8 Å². The summed E-state index contributed by atoms with van der Waals surface area (Å²) in [5, 5.41) is 80.8. The summed E-state index contributed by atoms with van der Waals surface area (Å²) in [5.74, 6) is -1.72. The predicted molar refractivity (Wildman–Crippen MR) is 376 cm³/mol. The lowest BCUT2D eigenvalue weighted by molar-refractivity contribution is -0.231. The summed E-state index contributed by atoms with van der Waals surface area (Å²) in [6, 6.07) is 0. The van der Waals surface area contributed by atoms with E-state index in [0.717, 1.165) is 70.3 Å². The van der Waals surface area contributed by atoms with Crippen molar-refractivity contribution in [2.75, 3.05) is 33.9 Å². The average molecular weight is 1370 g/mol. The third kappa shape index (κ3) is 34.4. The van der Waals surface area contributed by atoms with Gasteiger partial charge in [0.2, 0.25) is 29.5 Å². The predicted octanol–water partition coefficient (Wildman–Crippen LogP) is 10.8. The van der Waals surface area contributed by atoms with Gasteiger partial charge in [-0.3, -0.25) is 28.8 Å². The number of nitrogens with one attached hydrogen (secondary N) is 5. The Bertz CT molecular complexity index is 2300. The van der Waals surface area contributed by atoms with Gasteiger partial charge in [-0.05, 0) is 254 Å². The van der Waals surface area contributed by atoms with Gasteiger partial charge >= 0.3 is 11.9 Å². The van der Waals surface area contributed by atoms with Crippen LogP contribution in [0.15, 0.2) is 0 Å². The minimum Gasteiger partial charge on any atom is -0.468 e. The van der Waals surface area contributed by atoms with E-state index in [4.69, 9.17) is 4.74 Å². The Hall–Kier alpha value is -4.19. The Morgan fingerprint density at radius 3 is 1.02 bits per heavy atom. The zero-order valence-electron chi connectivity index (χ0n) is 67.1. The maximum atomic E-state index is 12.6. The molecule has 5 amide bonds. The van der Waals surface area contributed by atoms with Crippen LogP contribution in [0.3, 0.4) is 0 Å². The number of amides is 5. The first-order valence-corrected chi connectivity index (χ1v) is 33.3. The molecule has 26 heteroatoms. The second kappa shape index (κ2) is 38.4. The molecule has 0 unspecified atom stereocenters. The summed E-state index contributed by atoms with van der Waals surface area (Å²) in [7, 11) is 2.86. The first-order chi connectivity index (χ1) is 41.7. The van der Waals surface area contributed by atoms with Crippen LogP contribution in [0.5, 0.6) is 0 Å². The van der Waals surface area contributed by atoms with Crippen LogP contribution in [0.4, 0.5) is 0 Å². The molecule has 1 aliphatic rings. The van der Waals surface area contributed by atoms with Gasteiger partial charge in [0.15, 0.2) is 0 Å². The zero-order valence-corrected chi connectivity index (χ0v) is 67.1. The molecule has 0 aliphatic heterocycles. The van der Waals surface area contributed by atoms with Crippen molar-refractivity contribution in [3.05, 3.63) is 0 Å². The lowest BCUT2D eigenvalue weighted by atomic mass is 9.90. The second-order valence-corrected chi connectivity index (χ2v) is 34.7. The van der Waals surface area contributed by atoms with Crippen molar-refractivity contribution < 1.29 is 74.3 Å². The normalized spacial score (nSPS) is 14.5. The van der Waals surface area contributed by atoms with Crippen molar-refractivity contribution in [3.63, 3.8) is 0 Å². The maximum Gasteiger partial charge on any atom is 0.328 e. The largest absolute Gasteiger partial charge is 0.468 e. The van der Waals surface area contributed by atoms with E-state index in [1.54, 1.807) is 90.1 Å². The highest BCUT2D eigenvalue weighted by Gasteiger charge is 2.51. The molecule has 0 aromatic carbocycles. The molecule has 0 bridgehead atoms. The maximum absolute atomic E-state index is 12.6. The number of hydroxylamine groups is 12. The Balaban J connectivity index is -0.000000343. The SMILES string of the molecule is CC(C)(C)NC(=O)C(C)(C)N(O)C(C)(C)C.CC(C)(C)NC(=O)C1(N(O)C(C)(C)C)CCCC1.CCCCNC(=O)C(C)(C)N(O)C(C)(C)C.CCCNC(=O)C(C)(C)N(O)C(C)(C)COC(C)=O.CNC(=O)C(C)(C)N(O)C(C)(C)C.COC(=O)C(C)(C)N(O)C(C)(C)C. The minimum atomic E-state index is -1.11. The van der Waals surface area contributed by atoms with Crippen LogP contribution in [0.25, 0.3) is 0 Å². The smallest absolute Gasteiger partial charge is 0.328 e. The standard InChI is InChI=1S/C14H28N2O2.C13H26N2O4.2C12H26N2O2.C9H20N2O2.C9H19NO3/c1-12(2,3)15-11(17)14(9-7-8-10-14)16(18)13(4,5)6;1-7-8-14-11(17)13(5,6)15(18)12(3,4)9-19-10(2)16;1-10(2,3)13-9(15)12(7,8)14(16)11(4,5)6;1-7-8-9-13-10(15)12(5,6)14(16)11(2,3)4;1-8(2,3)11(13)9(4,5)7(12)10-6;1-8(2,3)10(12)9(4,5)7(11)13-6/h18H,7-10H2,1-6H3,(H,15,17);18H,7-9H2,1-6H3,(H,14,17);16H,1-8H3,(H,13,15);16H,7-9H2,1-6H3,(H,13,15);13H,1-6H3,(H,10,12);12H,1-6H3. The number of rotatable bonds is 20. The third-order valence-electron chi connectivity index (χ3n) is 14.7. The fourth-order valence-electron chi connectivity index (χ4n) is 9.61. The number of methoxy groups -OCH3 is 1. The van der Waals surface area contributed by atoms with Gasteiger partial charge in [-0.25, -0.2) is 4.79 Å². The summed E-state index contributed by atoms with van der Waals surface area (Å²) in [5.41, 5.74) is -9.39. The van der Waals surface area contributed by atoms with E-state index in [1.807, 2.05) is 152 Å². The Morgan fingerprint density at radius 1 is 0.421 bits per heavy atom. The minimum absolute atomic E-state index is 0.00329. The molecular formula is C69H145N11O15. The monoisotopic (exact) mass is 1370 g/mol. The molecule has 26 nitrogen and oxygen atoms in total. The van der Waals surface area contributed by atoms with E-state index in [1.165, 1.54) is 19.1 Å². The van der Waals surface area contributed by atoms with Crippen molar-refractivity contribution in [1.82, 2.24) is 57.0 Å². The van der Waals surface area contributed by atoms with Crippen molar-refractivity contribution in [3.8, 4) is 0 Å². The van der Waals surface area contributed by atoms with Crippen molar-refractivity contribution in [2.24, 2.45) is 0 Å². The molecule has 0 aromatic rings. The molecule has 0 radical (unpaired) electrons. The first kappa shape index (κ1) is 99.5. The van der Waals surface area contributed by atoms with Gasteiger partial charge in [-0.2, -0.15) is 30.4 Å². The average Bonchev–Trinajstić information content (AvgIpc) is 1.72. The Labute approximate surface area is 576 Å². The highest BCUT2D eigenvalue weighted by molar-refractivity contribution is 5.88. The van der Waals surface area contributed by atoms with Crippen LogP contribution in [0.1, 0.15) is 294 Å². The number of hydrogen-bond donors (Lipinski definition) is 11. The Morgan fingerprint density at radius 2 is 0.737 bits per heavy atom. The van der Waals surface area contributed by atoms with Crippen molar-refractivity contribution in [2.45, 2.75) is 372 Å². The van der Waals surface area contributed by atoms with Crippen molar-refractivity contribution in [1.29, 1.82) is 0 Å². The zero-order chi connectivity index (χ0) is 77.5. The van der Waals surface area contributed by atoms with Crippen LogP contribution >= 0.6 is 0 Å². The molecule has 1 fully saturated rings. The topological polar surface area (TPSA) is 339 Å². The fourth-order valence-corrected chi connectivity index (χ4v) is 9.61. The van der Waals surface area contributed by atoms with Gasteiger partial charge in [0.1, 0.15) is 39.8 Å². The molecule has 11 N–H and O–H groups in total. The molecule has 0 atom stereocenters. The van der Waals surface area contributed by atoms with Crippen LogP contribution in [0, 0.1) is 0 Å². The second-order valence-electron chi connectivity index (χ2n) is 34.7. The molecule has 566 valence electrons. The third-order valence-corrected chi connectivity index (χ3v) is 14.7. The summed E-state index contributed by atoms with van der Waals surface area (Å²) in [6.07, 6.45) is 6.26. The number of carbonyl (C=O) groups excluding carboxylic acids is 7. The first-order valence-electron chi connectivity index (χ1n) is 33.3. The van der Waals surface area contributed by atoms with Crippen LogP contribution in [0.2, 0.25) is 0 Å². The number of carbonyl (C=O) groups is 7. The van der Waals surface area contributed by atoms with Crippen molar-refractivity contribution >= 4 is 41.5 Å². The summed E-state index contributed by atoms with van der Waals surface area (Å²) < 4.78 is 9.50. The fraction of sp³-hybridized carbons (Fsp3) is 0.899. The summed E-state index contributed by atoms with van der Waals surface area (Å²) in [6.45, 7) is 66.2. The molecule has 0 spiro atoms. The lowest BCUT2D eigenvalue weighted by Gasteiger charge is -2.44. The number of hydrogen-bond acceptors (Lipinski definition) is 21. The molecular weight excluding hydrogens is 1220 g/mol. The van der Waals surface area contributed by atoms with Gasteiger partial charge in [-0.15, -0.1) is 0 Å². The molecule has 1 aliphatic carbocycles. The lowest BCUT2D eigenvalue weighted by Crippen LogP contribution is -2.63. The summed E-state index contributed by atoms with van der Waals surface area (Å²) in [4.78, 5) is 82.1. The van der Waals surface area contributed by atoms with E-state index in [2.05, 4.69) is 38.2 Å². The van der Waals surface area contributed by atoms with Crippen LogP contribution in [-0.4, -0.2) is 214 Å². The summed E-state index contributed by atoms with van der Waals surface area (Å²) >= 11 is 0. The van der Waals surface area contributed by atoms with E-state index in [0.29, 0.717) is 13.1 Å².